The Morgan fingerprint density at radius 1 is 1.03 bits per heavy atom. The summed E-state index contributed by atoms with van der Waals surface area (Å²) in [6, 6.07) is 20.2. The Morgan fingerprint density at radius 2 is 1.83 bits per heavy atom. The van der Waals surface area contributed by atoms with Crippen LogP contribution >= 0.6 is 11.8 Å². The van der Waals surface area contributed by atoms with Crippen molar-refractivity contribution >= 4 is 11.8 Å². The van der Waals surface area contributed by atoms with Crippen molar-refractivity contribution in [2.24, 2.45) is 0 Å². The topological polar surface area (TPSA) is 66.0 Å². The molecule has 2 aromatic carbocycles. The molecule has 0 aliphatic rings. The number of rotatable bonds is 8. The number of aryl methyl sites for hydroxylation is 1. The molecule has 0 aliphatic carbocycles. The predicted molar refractivity (Wildman–Crippen MR) is 113 cm³/mol. The summed E-state index contributed by atoms with van der Waals surface area (Å²) >= 11 is 1.59. The zero-order chi connectivity index (χ0) is 20.1. The quantitative estimate of drug-likeness (QED) is 0.390. The van der Waals surface area contributed by atoms with Gasteiger partial charge in [-0.1, -0.05) is 47.3 Å². The van der Waals surface area contributed by atoms with Crippen LogP contribution in [0.25, 0.3) is 5.69 Å². The average Bonchev–Trinajstić information content (AvgIpc) is 3.34. The number of thioether (sulfide) groups is 1. The lowest BCUT2D eigenvalue weighted by atomic mass is 10.1. The van der Waals surface area contributed by atoms with Crippen LogP contribution in [0.1, 0.15) is 29.8 Å². The number of aromatic nitrogens is 4. The Hall–Kier alpha value is -3.06. The maximum atomic E-state index is 5.58. The molecule has 0 atom stereocenters. The molecule has 148 valence electrons. The Labute approximate surface area is 173 Å². The first-order chi connectivity index (χ1) is 14.2. The van der Waals surface area contributed by atoms with Gasteiger partial charge in [0.25, 0.3) is 0 Å². The van der Waals surface area contributed by atoms with Gasteiger partial charge in [-0.05, 0) is 43.7 Å². The summed E-state index contributed by atoms with van der Waals surface area (Å²) in [5, 5.41) is 13.8. The highest BCUT2D eigenvalue weighted by Gasteiger charge is 2.16. The summed E-state index contributed by atoms with van der Waals surface area (Å²) in [6.07, 6.45) is 0.699. The summed E-state index contributed by atoms with van der Waals surface area (Å²) < 4.78 is 12.8. The van der Waals surface area contributed by atoms with E-state index in [4.69, 9.17) is 9.26 Å². The third kappa shape index (κ3) is 4.68. The molecule has 0 saturated heterocycles. The fourth-order valence-electron chi connectivity index (χ4n) is 3.03. The molecule has 4 rings (SSSR count). The van der Waals surface area contributed by atoms with E-state index in [-0.39, 0.29) is 0 Å². The van der Waals surface area contributed by atoms with Gasteiger partial charge in [-0.25, -0.2) is 0 Å². The maximum Gasteiger partial charge on any atom is 0.196 e. The van der Waals surface area contributed by atoms with Gasteiger partial charge in [-0.3, -0.25) is 4.57 Å². The van der Waals surface area contributed by atoms with Crippen LogP contribution in [0.2, 0.25) is 0 Å². The molecule has 0 spiro atoms. The average molecular weight is 407 g/mol. The van der Waals surface area contributed by atoms with Gasteiger partial charge in [0.2, 0.25) is 0 Å². The van der Waals surface area contributed by atoms with Crippen LogP contribution < -0.4 is 4.74 Å². The maximum absolute atomic E-state index is 5.58. The first-order valence-electron chi connectivity index (χ1n) is 9.49. The van der Waals surface area contributed by atoms with Gasteiger partial charge < -0.3 is 9.26 Å². The highest BCUT2D eigenvalue weighted by atomic mass is 32.2. The molecule has 0 aliphatic heterocycles. The summed E-state index contributed by atoms with van der Waals surface area (Å²) in [5.74, 6) is 3.21. The molecule has 0 saturated carbocycles. The summed E-state index contributed by atoms with van der Waals surface area (Å²) in [5.41, 5.74) is 3.08. The van der Waals surface area contributed by atoms with Crippen LogP contribution in [-0.4, -0.2) is 26.5 Å². The monoisotopic (exact) mass is 406 g/mol. The Morgan fingerprint density at radius 3 is 2.52 bits per heavy atom. The highest BCUT2D eigenvalue weighted by molar-refractivity contribution is 7.98. The molecule has 7 heteroatoms. The molecule has 0 amide bonds. The van der Waals surface area contributed by atoms with Gasteiger partial charge in [0.15, 0.2) is 5.16 Å². The fraction of sp³-hybridized carbons (Fsp3) is 0.227. The van der Waals surface area contributed by atoms with Crippen molar-refractivity contribution in [3.8, 4) is 11.4 Å². The molecule has 29 heavy (non-hydrogen) atoms. The zero-order valence-corrected chi connectivity index (χ0v) is 17.2. The van der Waals surface area contributed by atoms with Gasteiger partial charge in [-0.15, -0.1) is 10.2 Å². The molecular formula is C22H22N4O2S. The fourth-order valence-corrected chi connectivity index (χ4v) is 3.88. The largest absolute Gasteiger partial charge is 0.494 e. The Balaban J connectivity index is 1.64. The van der Waals surface area contributed by atoms with E-state index in [1.165, 1.54) is 5.56 Å². The SMILES string of the molecule is CCOc1ccc(-n2c(Cc3ccccc3)nnc2SCc2cc(C)on2)cc1. The minimum absolute atomic E-state index is 0.642. The van der Waals surface area contributed by atoms with E-state index >= 15 is 0 Å². The van der Waals surface area contributed by atoms with Crippen molar-refractivity contribution < 1.29 is 9.26 Å². The van der Waals surface area contributed by atoms with Gasteiger partial charge in [0, 0.05) is 23.9 Å². The lowest BCUT2D eigenvalue weighted by Crippen LogP contribution is -2.04. The highest BCUT2D eigenvalue weighted by Crippen LogP contribution is 2.27. The smallest absolute Gasteiger partial charge is 0.196 e. The van der Waals surface area contributed by atoms with Gasteiger partial charge in [0.1, 0.15) is 17.3 Å². The molecule has 0 unspecified atom stereocenters. The molecule has 2 aromatic heterocycles. The van der Waals surface area contributed by atoms with Crippen molar-refractivity contribution in [3.63, 3.8) is 0 Å². The van der Waals surface area contributed by atoms with E-state index in [9.17, 15) is 0 Å². The van der Waals surface area contributed by atoms with Crippen LogP contribution in [0.4, 0.5) is 0 Å². The first kappa shape index (κ1) is 19.3. The van der Waals surface area contributed by atoms with Gasteiger partial charge in [-0.2, -0.15) is 0 Å². The van der Waals surface area contributed by atoms with Crippen LogP contribution in [0.5, 0.6) is 5.75 Å². The van der Waals surface area contributed by atoms with E-state index in [1.807, 2.05) is 62.4 Å². The number of hydrogen-bond donors (Lipinski definition) is 0. The van der Waals surface area contributed by atoms with Crippen LogP contribution in [0, 0.1) is 6.92 Å². The Kier molecular flexibility index (Phi) is 5.95. The summed E-state index contributed by atoms with van der Waals surface area (Å²) in [7, 11) is 0. The molecule has 6 nitrogen and oxygen atoms in total. The number of hydrogen-bond acceptors (Lipinski definition) is 6. The first-order valence-corrected chi connectivity index (χ1v) is 10.5. The van der Waals surface area contributed by atoms with Crippen LogP contribution in [0.3, 0.4) is 0 Å². The molecule has 2 heterocycles. The van der Waals surface area contributed by atoms with Crippen molar-refractivity contribution in [2.75, 3.05) is 6.61 Å². The predicted octanol–water partition coefficient (Wildman–Crippen LogP) is 4.85. The summed E-state index contributed by atoms with van der Waals surface area (Å²) in [4.78, 5) is 0. The van der Waals surface area contributed by atoms with Crippen molar-refractivity contribution in [1.29, 1.82) is 0 Å². The second-order valence-electron chi connectivity index (χ2n) is 6.54. The van der Waals surface area contributed by atoms with Crippen molar-refractivity contribution in [3.05, 3.63) is 83.5 Å². The van der Waals surface area contributed by atoms with Crippen molar-refractivity contribution in [1.82, 2.24) is 19.9 Å². The van der Waals surface area contributed by atoms with E-state index in [1.54, 1.807) is 11.8 Å². The zero-order valence-electron chi connectivity index (χ0n) is 16.4. The second kappa shape index (κ2) is 8.96. The van der Waals surface area contributed by atoms with Gasteiger partial charge in [0.05, 0.1) is 12.3 Å². The minimum atomic E-state index is 0.642. The van der Waals surface area contributed by atoms with E-state index in [2.05, 4.69) is 32.1 Å². The normalized spacial score (nSPS) is 11.0. The number of nitrogens with zero attached hydrogens (tertiary/aromatic N) is 4. The van der Waals surface area contributed by atoms with E-state index in [0.29, 0.717) is 18.8 Å². The lowest BCUT2D eigenvalue weighted by molar-refractivity contribution is 0.340. The van der Waals surface area contributed by atoms with Crippen LogP contribution in [0.15, 0.2) is 70.3 Å². The third-order valence-corrected chi connectivity index (χ3v) is 5.30. The molecule has 0 fully saturated rings. The lowest BCUT2D eigenvalue weighted by Gasteiger charge is -2.11. The second-order valence-corrected chi connectivity index (χ2v) is 7.48. The minimum Gasteiger partial charge on any atom is -0.494 e. The molecule has 0 bridgehead atoms. The Bertz CT molecular complexity index is 1060. The summed E-state index contributed by atoms with van der Waals surface area (Å²) in [6.45, 7) is 4.51. The van der Waals surface area contributed by atoms with E-state index < -0.39 is 0 Å². The molecular weight excluding hydrogens is 384 g/mol. The molecule has 0 N–H and O–H groups in total. The third-order valence-electron chi connectivity index (χ3n) is 4.34. The molecule has 4 aromatic rings. The van der Waals surface area contributed by atoms with Gasteiger partial charge >= 0.3 is 0 Å². The standard InChI is InChI=1S/C22H22N4O2S/c1-3-27-20-11-9-19(10-12-20)26-21(14-17-7-5-4-6-8-17)23-24-22(26)29-15-18-13-16(2)28-25-18/h4-13H,3,14-15H2,1-2H3. The molecule has 0 radical (unpaired) electrons. The number of ether oxygens (including phenoxy) is 1. The van der Waals surface area contributed by atoms with Crippen molar-refractivity contribution in [2.45, 2.75) is 31.2 Å². The van der Waals surface area contributed by atoms with Crippen LogP contribution in [-0.2, 0) is 12.2 Å². The number of benzene rings is 2. The van der Waals surface area contributed by atoms with E-state index in [0.717, 1.165) is 33.9 Å².